The number of carbonyl (C=O) groups is 1. The number of anilines is 1. The molecular weight excluding hydrogens is 476 g/mol. The first-order valence-electron chi connectivity index (χ1n) is 12.5. The van der Waals surface area contributed by atoms with Crippen molar-refractivity contribution >= 4 is 22.8 Å². The van der Waals surface area contributed by atoms with Crippen molar-refractivity contribution in [2.75, 3.05) is 11.4 Å². The number of aromatic nitrogens is 2. The Morgan fingerprint density at radius 1 is 0.816 bits per heavy atom. The van der Waals surface area contributed by atoms with Crippen molar-refractivity contribution in [3.05, 3.63) is 138 Å². The number of hydrogen-bond donors (Lipinski definition) is 2. The molecule has 1 unspecified atom stereocenters. The fourth-order valence-electron chi connectivity index (χ4n) is 4.66. The number of fused-ring (bicyclic) bond motifs is 1. The molecule has 1 atom stereocenters. The predicted molar refractivity (Wildman–Crippen MR) is 151 cm³/mol. The third-order valence-electron chi connectivity index (χ3n) is 6.61. The first-order chi connectivity index (χ1) is 18.5. The number of H-pyrrole nitrogens is 1. The van der Waals surface area contributed by atoms with Gasteiger partial charge in [-0.25, -0.2) is 9.59 Å². The summed E-state index contributed by atoms with van der Waals surface area (Å²) in [6.07, 6.45) is -1.06. The van der Waals surface area contributed by atoms with Crippen LogP contribution in [0.15, 0.2) is 114 Å². The number of aromatic amines is 1. The number of nitrogens with zero attached hydrogens (tertiary/aromatic N) is 3. The number of carboxylic acid groups (broad SMARTS) is 1. The van der Waals surface area contributed by atoms with Crippen molar-refractivity contribution in [1.29, 1.82) is 0 Å². The molecule has 1 radical (unpaired) electrons. The topological polar surface area (TPSA) is 81.6 Å². The second kappa shape index (κ2) is 11.2. The lowest BCUT2D eigenvalue weighted by Gasteiger charge is -2.32. The molecule has 38 heavy (non-hydrogen) atoms. The molecule has 0 aliphatic heterocycles. The van der Waals surface area contributed by atoms with Gasteiger partial charge in [0.1, 0.15) is 0 Å². The number of nitrogens with one attached hydrogen (secondary N) is 1. The van der Waals surface area contributed by atoms with Gasteiger partial charge < -0.3 is 10.1 Å². The number of rotatable bonds is 9. The maximum absolute atomic E-state index is 12.6. The van der Waals surface area contributed by atoms with Gasteiger partial charge in [-0.3, -0.25) is 14.4 Å². The Morgan fingerprint density at radius 3 is 1.95 bits per heavy atom. The number of para-hydroxylation sites is 2. The smallest absolute Gasteiger partial charge is 0.411 e. The quantitative estimate of drug-likeness (QED) is 0.269. The van der Waals surface area contributed by atoms with Crippen molar-refractivity contribution in [1.82, 2.24) is 14.5 Å². The minimum absolute atomic E-state index is 0.182. The van der Waals surface area contributed by atoms with E-state index in [-0.39, 0.29) is 18.3 Å². The molecule has 2 N–H and O–H groups in total. The fraction of sp³-hybridized carbons (Fsp3) is 0.129. The first kappa shape index (κ1) is 25.0. The van der Waals surface area contributed by atoms with Crippen LogP contribution in [-0.2, 0) is 13.1 Å². The molecule has 0 spiro atoms. The molecule has 5 rings (SSSR count). The molecule has 4 aromatic carbocycles. The highest BCUT2D eigenvalue weighted by atomic mass is 16.4. The lowest BCUT2D eigenvalue weighted by molar-refractivity contribution is 0.188. The molecule has 1 amide bonds. The predicted octanol–water partition coefficient (Wildman–Crippen LogP) is 5.71. The summed E-state index contributed by atoms with van der Waals surface area (Å²) in [5.74, 6) is 0. The van der Waals surface area contributed by atoms with E-state index in [2.05, 4.69) is 41.1 Å². The van der Waals surface area contributed by atoms with E-state index in [4.69, 9.17) is 0 Å². The van der Waals surface area contributed by atoms with Crippen LogP contribution in [0.2, 0.25) is 0 Å². The zero-order valence-electron chi connectivity index (χ0n) is 20.9. The van der Waals surface area contributed by atoms with Gasteiger partial charge in [0, 0.05) is 31.4 Å². The Balaban J connectivity index is 1.39. The van der Waals surface area contributed by atoms with Gasteiger partial charge in [-0.2, -0.15) is 0 Å². The van der Waals surface area contributed by atoms with Gasteiger partial charge in [0.25, 0.3) is 0 Å². The number of amides is 1. The van der Waals surface area contributed by atoms with Gasteiger partial charge in [-0.1, -0.05) is 72.8 Å². The number of benzene rings is 4. The molecule has 5 aromatic rings. The molecule has 0 fully saturated rings. The van der Waals surface area contributed by atoms with Gasteiger partial charge in [0.15, 0.2) is 0 Å². The van der Waals surface area contributed by atoms with Crippen molar-refractivity contribution in [3.63, 3.8) is 0 Å². The van der Waals surface area contributed by atoms with Crippen molar-refractivity contribution in [3.8, 4) is 5.69 Å². The van der Waals surface area contributed by atoms with Crippen LogP contribution in [-0.4, -0.2) is 38.2 Å². The summed E-state index contributed by atoms with van der Waals surface area (Å²) in [5.41, 5.74) is 4.69. The highest BCUT2D eigenvalue weighted by molar-refractivity contribution is 5.86. The Hall–Kier alpha value is -4.62. The molecule has 0 aliphatic rings. The molecule has 191 valence electrons. The normalized spacial score (nSPS) is 12.1. The first-order valence-corrected chi connectivity index (χ1v) is 12.5. The van der Waals surface area contributed by atoms with Gasteiger partial charge in [-0.15, -0.1) is 0 Å². The summed E-state index contributed by atoms with van der Waals surface area (Å²) in [7, 11) is 0. The van der Waals surface area contributed by atoms with E-state index in [1.54, 1.807) is 28.8 Å². The maximum Gasteiger partial charge on any atom is 0.411 e. The minimum atomic E-state index is -1.06. The zero-order valence-corrected chi connectivity index (χ0v) is 20.9. The highest BCUT2D eigenvalue weighted by Crippen LogP contribution is 2.22. The second-order valence-electron chi connectivity index (χ2n) is 9.22. The lowest BCUT2D eigenvalue weighted by Crippen LogP contribution is -2.44. The summed E-state index contributed by atoms with van der Waals surface area (Å²) in [5, 5.41) is 10.1. The van der Waals surface area contributed by atoms with Crippen LogP contribution in [0.25, 0.3) is 16.7 Å². The Morgan fingerprint density at radius 2 is 1.37 bits per heavy atom. The molecule has 7 heteroatoms. The van der Waals surface area contributed by atoms with E-state index in [9.17, 15) is 14.7 Å². The Bertz CT molecular complexity index is 1520. The average Bonchev–Trinajstić information content (AvgIpc) is 3.28. The van der Waals surface area contributed by atoms with Gasteiger partial charge in [0.05, 0.1) is 16.7 Å². The minimum Gasteiger partial charge on any atom is -0.465 e. The standard InChI is InChI=1S/C31H29N4O3/c1-23(33(21-24-10-4-2-5-11-24)22-25-12-6-3-7-13-25)20-34(31(37)38)26-16-18-27(19-17-26)35-29-15-9-8-14-28(29)32-30(35)36/h2-19,23H,1,20-22H2,(H,32,36)(H,37,38). The lowest BCUT2D eigenvalue weighted by atomic mass is 10.1. The molecule has 1 aromatic heterocycles. The molecule has 0 bridgehead atoms. The van der Waals surface area contributed by atoms with Crippen molar-refractivity contribution in [2.24, 2.45) is 0 Å². The SMILES string of the molecule is [CH2]C(CN(C(=O)O)c1ccc(-n2c(=O)[nH]c3ccccc32)cc1)N(Cc1ccccc1)Cc1ccccc1. The molecule has 0 saturated carbocycles. The third-order valence-corrected chi connectivity index (χ3v) is 6.61. The summed E-state index contributed by atoms with van der Waals surface area (Å²) >= 11 is 0. The second-order valence-corrected chi connectivity index (χ2v) is 9.22. The molecule has 1 heterocycles. The largest absolute Gasteiger partial charge is 0.465 e. The van der Waals surface area contributed by atoms with E-state index >= 15 is 0 Å². The van der Waals surface area contributed by atoms with Gasteiger partial charge >= 0.3 is 11.8 Å². The molecule has 0 saturated heterocycles. The maximum atomic E-state index is 12.6. The molecule has 7 nitrogen and oxygen atoms in total. The van der Waals surface area contributed by atoms with Crippen LogP contribution < -0.4 is 10.6 Å². The molecular formula is C31H29N4O3. The van der Waals surface area contributed by atoms with Crippen LogP contribution in [0.4, 0.5) is 10.5 Å². The van der Waals surface area contributed by atoms with E-state index in [0.717, 1.165) is 22.2 Å². The van der Waals surface area contributed by atoms with Crippen molar-refractivity contribution in [2.45, 2.75) is 19.1 Å². The van der Waals surface area contributed by atoms with Crippen LogP contribution in [0.1, 0.15) is 11.1 Å². The van der Waals surface area contributed by atoms with E-state index in [1.165, 1.54) is 4.90 Å². The number of hydrogen-bond acceptors (Lipinski definition) is 3. The summed E-state index contributed by atoms with van der Waals surface area (Å²) in [4.78, 5) is 31.2. The average molecular weight is 506 g/mol. The van der Waals surface area contributed by atoms with E-state index in [1.807, 2.05) is 60.7 Å². The summed E-state index contributed by atoms with van der Waals surface area (Å²) in [6, 6.07) is 34.3. The summed E-state index contributed by atoms with van der Waals surface area (Å²) < 4.78 is 1.58. The van der Waals surface area contributed by atoms with Crippen LogP contribution >= 0.6 is 0 Å². The van der Waals surface area contributed by atoms with Crippen molar-refractivity contribution < 1.29 is 9.90 Å². The number of imidazole rings is 1. The fourth-order valence-corrected chi connectivity index (χ4v) is 4.66. The Labute approximate surface area is 221 Å². The highest BCUT2D eigenvalue weighted by Gasteiger charge is 2.23. The Kier molecular flexibility index (Phi) is 7.38. The van der Waals surface area contributed by atoms with Crippen LogP contribution in [0, 0.1) is 6.92 Å². The zero-order chi connectivity index (χ0) is 26.5. The summed E-state index contributed by atoms with van der Waals surface area (Å²) in [6.45, 7) is 5.81. The van der Waals surface area contributed by atoms with Crippen LogP contribution in [0.5, 0.6) is 0 Å². The van der Waals surface area contributed by atoms with E-state index < -0.39 is 6.09 Å². The van der Waals surface area contributed by atoms with Crippen LogP contribution in [0.3, 0.4) is 0 Å². The van der Waals surface area contributed by atoms with Gasteiger partial charge in [-0.05, 0) is 54.4 Å². The third kappa shape index (κ3) is 5.53. The molecule has 0 aliphatic carbocycles. The monoisotopic (exact) mass is 505 g/mol. The van der Waals surface area contributed by atoms with E-state index in [0.29, 0.717) is 24.5 Å². The van der Waals surface area contributed by atoms with Gasteiger partial charge in [0.2, 0.25) is 0 Å².